The van der Waals surface area contributed by atoms with E-state index in [0.717, 1.165) is 6.07 Å². The van der Waals surface area contributed by atoms with Crippen molar-refractivity contribution in [3.63, 3.8) is 0 Å². The van der Waals surface area contributed by atoms with Crippen molar-refractivity contribution in [3.8, 4) is 0 Å². The van der Waals surface area contributed by atoms with Crippen LogP contribution in [-0.2, 0) is 15.8 Å². The molecular formula is C13H19ClFNO3S. The molecule has 0 spiro atoms. The Kier molecular flexibility index (Phi) is 5.54. The fourth-order valence-electron chi connectivity index (χ4n) is 1.41. The molecular weight excluding hydrogens is 305 g/mol. The Bertz CT molecular complexity index is 569. The van der Waals surface area contributed by atoms with Gasteiger partial charge in [0, 0.05) is 6.54 Å². The molecule has 7 heteroatoms. The predicted octanol–water partition coefficient (Wildman–Crippen LogP) is 2.31. The van der Waals surface area contributed by atoms with Gasteiger partial charge < -0.3 is 5.11 Å². The summed E-state index contributed by atoms with van der Waals surface area (Å²) in [4.78, 5) is 0. The van der Waals surface area contributed by atoms with Crippen LogP contribution in [0.15, 0.2) is 18.2 Å². The summed E-state index contributed by atoms with van der Waals surface area (Å²) in [6.07, 6.45) is -0.797. The summed E-state index contributed by atoms with van der Waals surface area (Å²) in [6, 6.07) is 3.76. The van der Waals surface area contributed by atoms with Gasteiger partial charge in [-0.1, -0.05) is 38.4 Å². The molecule has 0 aliphatic heterocycles. The van der Waals surface area contributed by atoms with Gasteiger partial charge >= 0.3 is 0 Å². The highest BCUT2D eigenvalue weighted by Gasteiger charge is 2.24. The minimum absolute atomic E-state index is 0.0687. The van der Waals surface area contributed by atoms with Crippen LogP contribution in [0.3, 0.4) is 0 Å². The van der Waals surface area contributed by atoms with Gasteiger partial charge in [0.25, 0.3) is 0 Å². The summed E-state index contributed by atoms with van der Waals surface area (Å²) in [5.74, 6) is -0.909. The normalized spacial score (nSPS) is 14.3. The zero-order chi connectivity index (χ0) is 15.6. The average molecular weight is 324 g/mol. The van der Waals surface area contributed by atoms with Crippen molar-refractivity contribution in [1.82, 2.24) is 4.72 Å². The Hall–Kier alpha value is -0.690. The van der Waals surface area contributed by atoms with Crippen LogP contribution in [0, 0.1) is 11.2 Å². The standard InChI is InChI=1S/C13H19ClFNO3S/c1-13(2,3)12(17)7-16-20(18,19)8-9-4-5-11(15)10(14)6-9/h4-6,12,16-17H,7-8H2,1-3H3. The Labute approximate surface area is 124 Å². The van der Waals surface area contributed by atoms with Crippen molar-refractivity contribution in [3.05, 3.63) is 34.6 Å². The van der Waals surface area contributed by atoms with Crippen LogP contribution in [0.5, 0.6) is 0 Å². The molecule has 0 saturated heterocycles. The van der Waals surface area contributed by atoms with Gasteiger partial charge in [-0.05, 0) is 23.1 Å². The molecule has 1 unspecified atom stereocenters. The number of benzene rings is 1. The van der Waals surface area contributed by atoms with Gasteiger partial charge in [-0.2, -0.15) is 0 Å². The van der Waals surface area contributed by atoms with E-state index in [0.29, 0.717) is 5.56 Å². The summed E-state index contributed by atoms with van der Waals surface area (Å²) < 4.78 is 39.1. The van der Waals surface area contributed by atoms with E-state index in [1.807, 2.05) is 20.8 Å². The van der Waals surface area contributed by atoms with E-state index >= 15 is 0 Å². The van der Waals surface area contributed by atoms with E-state index in [1.54, 1.807) is 0 Å². The highest BCUT2D eigenvalue weighted by Crippen LogP contribution is 2.19. The van der Waals surface area contributed by atoms with Crippen LogP contribution in [0.1, 0.15) is 26.3 Å². The summed E-state index contributed by atoms with van der Waals surface area (Å²) in [7, 11) is -3.61. The first-order valence-electron chi connectivity index (χ1n) is 6.10. The molecule has 4 nitrogen and oxygen atoms in total. The quantitative estimate of drug-likeness (QED) is 0.874. The molecule has 114 valence electrons. The van der Waals surface area contributed by atoms with Crippen LogP contribution >= 0.6 is 11.6 Å². The molecule has 0 aromatic heterocycles. The second-order valence-electron chi connectivity index (χ2n) is 5.74. The lowest BCUT2D eigenvalue weighted by molar-refractivity contribution is 0.0677. The fraction of sp³-hybridized carbons (Fsp3) is 0.538. The number of halogens is 2. The Balaban J connectivity index is 2.68. The lowest BCUT2D eigenvalue weighted by atomic mass is 9.89. The SMILES string of the molecule is CC(C)(C)C(O)CNS(=O)(=O)Cc1ccc(F)c(Cl)c1. The van der Waals surface area contributed by atoms with Gasteiger partial charge in [0.15, 0.2) is 0 Å². The van der Waals surface area contributed by atoms with E-state index in [9.17, 15) is 17.9 Å². The maximum absolute atomic E-state index is 13.0. The molecule has 1 aromatic rings. The Morgan fingerprint density at radius 1 is 1.40 bits per heavy atom. The molecule has 1 aromatic carbocycles. The molecule has 20 heavy (non-hydrogen) atoms. The lowest BCUT2D eigenvalue weighted by Gasteiger charge is -2.25. The average Bonchev–Trinajstić information content (AvgIpc) is 2.29. The van der Waals surface area contributed by atoms with Gasteiger partial charge in [-0.3, -0.25) is 0 Å². The van der Waals surface area contributed by atoms with Crippen LogP contribution < -0.4 is 4.72 Å². The molecule has 2 N–H and O–H groups in total. The summed E-state index contributed by atoms with van der Waals surface area (Å²) in [6.45, 7) is 5.36. The third-order valence-corrected chi connectivity index (χ3v) is 4.45. The molecule has 1 rings (SSSR count). The van der Waals surface area contributed by atoms with Crippen molar-refractivity contribution in [2.24, 2.45) is 5.41 Å². The summed E-state index contributed by atoms with van der Waals surface area (Å²) in [5.41, 5.74) is -0.0315. The van der Waals surface area contributed by atoms with E-state index < -0.39 is 27.4 Å². The first-order chi connectivity index (χ1) is 9.01. The first-order valence-corrected chi connectivity index (χ1v) is 8.13. The molecule has 0 radical (unpaired) electrons. The zero-order valence-corrected chi connectivity index (χ0v) is 13.2. The van der Waals surface area contributed by atoms with Crippen molar-refractivity contribution >= 4 is 21.6 Å². The minimum atomic E-state index is -3.61. The molecule has 0 aliphatic rings. The second-order valence-corrected chi connectivity index (χ2v) is 7.95. The van der Waals surface area contributed by atoms with Gasteiger partial charge in [0.05, 0.1) is 16.9 Å². The highest BCUT2D eigenvalue weighted by atomic mass is 35.5. The molecule has 0 saturated carbocycles. The summed E-state index contributed by atoms with van der Waals surface area (Å²) in [5, 5.41) is 9.68. The number of sulfonamides is 1. The summed E-state index contributed by atoms with van der Waals surface area (Å²) >= 11 is 5.60. The van der Waals surface area contributed by atoms with E-state index in [1.165, 1.54) is 12.1 Å². The monoisotopic (exact) mass is 323 g/mol. The smallest absolute Gasteiger partial charge is 0.215 e. The number of nitrogens with one attached hydrogen (secondary N) is 1. The van der Waals surface area contributed by atoms with E-state index in [-0.39, 0.29) is 17.3 Å². The molecule has 0 heterocycles. The molecule has 0 bridgehead atoms. The van der Waals surface area contributed by atoms with Crippen LogP contribution in [0.2, 0.25) is 5.02 Å². The molecule has 0 amide bonds. The third-order valence-electron chi connectivity index (χ3n) is 2.84. The third kappa shape index (κ3) is 5.36. The number of hydrogen-bond acceptors (Lipinski definition) is 3. The van der Waals surface area contributed by atoms with E-state index in [2.05, 4.69) is 4.72 Å². The maximum Gasteiger partial charge on any atom is 0.215 e. The topological polar surface area (TPSA) is 66.4 Å². The van der Waals surface area contributed by atoms with Crippen LogP contribution in [0.25, 0.3) is 0 Å². The van der Waals surface area contributed by atoms with Crippen molar-refractivity contribution in [1.29, 1.82) is 0 Å². The number of rotatable bonds is 5. The number of hydrogen-bond donors (Lipinski definition) is 2. The zero-order valence-electron chi connectivity index (χ0n) is 11.7. The highest BCUT2D eigenvalue weighted by molar-refractivity contribution is 7.88. The van der Waals surface area contributed by atoms with Crippen molar-refractivity contribution < 1.29 is 17.9 Å². The number of aliphatic hydroxyl groups is 1. The number of aliphatic hydroxyl groups excluding tert-OH is 1. The van der Waals surface area contributed by atoms with Gasteiger partial charge in [0.1, 0.15) is 5.82 Å². The Morgan fingerprint density at radius 2 is 2.00 bits per heavy atom. The van der Waals surface area contributed by atoms with Gasteiger partial charge in [-0.15, -0.1) is 0 Å². The first kappa shape index (κ1) is 17.4. The molecule has 0 fully saturated rings. The van der Waals surface area contributed by atoms with E-state index in [4.69, 9.17) is 11.6 Å². The Morgan fingerprint density at radius 3 is 2.50 bits per heavy atom. The second kappa shape index (κ2) is 6.39. The lowest BCUT2D eigenvalue weighted by Crippen LogP contribution is -2.39. The predicted molar refractivity (Wildman–Crippen MR) is 77.5 cm³/mol. The largest absolute Gasteiger partial charge is 0.391 e. The van der Waals surface area contributed by atoms with Crippen LogP contribution in [-0.4, -0.2) is 26.2 Å². The van der Waals surface area contributed by atoms with Crippen LogP contribution in [0.4, 0.5) is 4.39 Å². The molecule has 0 aliphatic carbocycles. The maximum atomic E-state index is 13.0. The molecule has 1 atom stereocenters. The van der Waals surface area contributed by atoms with Crippen molar-refractivity contribution in [2.75, 3.05) is 6.54 Å². The van der Waals surface area contributed by atoms with Gasteiger partial charge in [0.2, 0.25) is 10.0 Å². The van der Waals surface area contributed by atoms with Crippen molar-refractivity contribution in [2.45, 2.75) is 32.6 Å². The minimum Gasteiger partial charge on any atom is -0.391 e. The van der Waals surface area contributed by atoms with Gasteiger partial charge in [-0.25, -0.2) is 17.5 Å². The fourth-order valence-corrected chi connectivity index (χ4v) is 2.75.